The molecule has 0 spiro atoms. The first kappa shape index (κ1) is 18.0. The minimum Gasteiger partial charge on any atom is -0.304 e. The van der Waals surface area contributed by atoms with Crippen LogP contribution in [0.1, 0.15) is 24.3 Å². The van der Waals surface area contributed by atoms with Crippen LogP contribution >= 0.6 is 11.8 Å². The Kier molecular flexibility index (Phi) is 5.70. The Morgan fingerprint density at radius 3 is 2.56 bits per heavy atom. The largest absolute Gasteiger partial charge is 0.304 e. The van der Waals surface area contributed by atoms with Crippen molar-refractivity contribution >= 4 is 18.0 Å². The van der Waals surface area contributed by atoms with E-state index in [0.717, 1.165) is 41.9 Å². The SMILES string of the molecule is O=CCCC(c1cnn(-c2ccccc2)c1-c1ccccc1)C1NCCS1. The Balaban J connectivity index is 1.84. The lowest BCUT2D eigenvalue weighted by Crippen LogP contribution is -2.27. The summed E-state index contributed by atoms with van der Waals surface area (Å²) in [5, 5.41) is 8.68. The molecule has 138 valence electrons. The van der Waals surface area contributed by atoms with Gasteiger partial charge in [0.15, 0.2) is 0 Å². The lowest BCUT2D eigenvalue weighted by molar-refractivity contribution is -0.108. The van der Waals surface area contributed by atoms with Crippen LogP contribution in [-0.2, 0) is 4.79 Å². The van der Waals surface area contributed by atoms with Gasteiger partial charge in [0.2, 0.25) is 0 Å². The molecule has 0 saturated carbocycles. The van der Waals surface area contributed by atoms with Crippen LogP contribution < -0.4 is 5.32 Å². The van der Waals surface area contributed by atoms with E-state index in [1.54, 1.807) is 0 Å². The molecule has 2 unspecified atom stereocenters. The molecule has 1 aliphatic heterocycles. The van der Waals surface area contributed by atoms with Crippen LogP contribution in [0.3, 0.4) is 0 Å². The van der Waals surface area contributed by atoms with Crippen LogP contribution in [0, 0.1) is 0 Å². The normalized spacial score (nSPS) is 17.7. The molecule has 1 N–H and O–H groups in total. The summed E-state index contributed by atoms with van der Waals surface area (Å²) in [6, 6.07) is 20.6. The first-order valence-electron chi connectivity index (χ1n) is 9.36. The first-order valence-corrected chi connectivity index (χ1v) is 10.4. The third-order valence-corrected chi connectivity index (χ3v) is 6.25. The number of aldehydes is 1. The van der Waals surface area contributed by atoms with Crippen LogP contribution in [0.2, 0.25) is 0 Å². The zero-order chi connectivity index (χ0) is 18.5. The quantitative estimate of drug-likeness (QED) is 0.625. The number of hydrogen-bond acceptors (Lipinski definition) is 4. The average Bonchev–Trinajstić information content (AvgIpc) is 3.40. The summed E-state index contributed by atoms with van der Waals surface area (Å²) >= 11 is 1.94. The van der Waals surface area contributed by atoms with Crippen molar-refractivity contribution in [3.63, 3.8) is 0 Å². The Bertz CT molecular complexity index is 873. The lowest BCUT2D eigenvalue weighted by Gasteiger charge is -2.23. The van der Waals surface area contributed by atoms with E-state index in [4.69, 9.17) is 5.10 Å². The van der Waals surface area contributed by atoms with Gasteiger partial charge < -0.3 is 10.1 Å². The van der Waals surface area contributed by atoms with Crippen LogP contribution in [0.4, 0.5) is 0 Å². The van der Waals surface area contributed by atoms with E-state index < -0.39 is 0 Å². The van der Waals surface area contributed by atoms with Gasteiger partial charge in [-0.2, -0.15) is 5.10 Å². The second-order valence-corrected chi connectivity index (χ2v) is 7.91. The highest BCUT2D eigenvalue weighted by atomic mass is 32.2. The molecule has 2 aromatic carbocycles. The van der Waals surface area contributed by atoms with Gasteiger partial charge in [0, 0.05) is 35.8 Å². The lowest BCUT2D eigenvalue weighted by atomic mass is 9.92. The van der Waals surface area contributed by atoms with Crippen molar-refractivity contribution in [2.75, 3.05) is 12.3 Å². The molecular formula is C22H23N3OS. The summed E-state index contributed by atoms with van der Waals surface area (Å²) < 4.78 is 2.03. The van der Waals surface area contributed by atoms with Crippen molar-refractivity contribution in [2.24, 2.45) is 0 Å². The van der Waals surface area contributed by atoms with E-state index in [1.807, 2.05) is 46.9 Å². The summed E-state index contributed by atoms with van der Waals surface area (Å²) in [6.07, 6.45) is 4.41. The van der Waals surface area contributed by atoms with Crippen molar-refractivity contribution < 1.29 is 4.79 Å². The highest BCUT2D eigenvalue weighted by Crippen LogP contribution is 2.39. The van der Waals surface area contributed by atoms with Gasteiger partial charge in [-0.3, -0.25) is 0 Å². The summed E-state index contributed by atoms with van der Waals surface area (Å²) in [5.74, 6) is 1.35. The van der Waals surface area contributed by atoms with Gasteiger partial charge in [-0.25, -0.2) is 4.68 Å². The van der Waals surface area contributed by atoms with Crippen LogP contribution in [-0.4, -0.2) is 33.7 Å². The first-order chi connectivity index (χ1) is 13.4. The zero-order valence-electron chi connectivity index (χ0n) is 15.1. The highest BCUT2D eigenvalue weighted by molar-refractivity contribution is 8.00. The fourth-order valence-electron chi connectivity index (χ4n) is 3.70. The third-order valence-electron chi connectivity index (χ3n) is 4.95. The number of benzene rings is 2. The number of rotatable bonds is 7. The summed E-state index contributed by atoms with van der Waals surface area (Å²) in [6.45, 7) is 1.01. The van der Waals surface area contributed by atoms with E-state index in [1.165, 1.54) is 5.56 Å². The number of aromatic nitrogens is 2. The Labute approximate surface area is 164 Å². The number of carbonyl (C=O) groups excluding carboxylic acids is 1. The molecule has 1 fully saturated rings. The Hall–Kier alpha value is -2.37. The molecule has 27 heavy (non-hydrogen) atoms. The molecule has 1 saturated heterocycles. The number of carbonyl (C=O) groups is 1. The minimum atomic E-state index is 0.246. The fourth-order valence-corrected chi connectivity index (χ4v) is 4.94. The monoisotopic (exact) mass is 377 g/mol. The molecule has 5 heteroatoms. The maximum atomic E-state index is 11.1. The second kappa shape index (κ2) is 8.55. The maximum Gasteiger partial charge on any atom is 0.120 e. The highest BCUT2D eigenvalue weighted by Gasteiger charge is 2.30. The number of thioether (sulfide) groups is 1. The molecule has 2 atom stereocenters. The van der Waals surface area contributed by atoms with E-state index in [0.29, 0.717) is 11.8 Å². The maximum absolute atomic E-state index is 11.1. The zero-order valence-corrected chi connectivity index (χ0v) is 15.9. The molecule has 0 radical (unpaired) electrons. The number of hydrogen-bond donors (Lipinski definition) is 1. The number of nitrogens with zero attached hydrogens (tertiary/aromatic N) is 2. The van der Waals surface area contributed by atoms with E-state index >= 15 is 0 Å². The van der Waals surface area contributed by atoms with Gasteiger partial charge in [0.1, 0.15) is 6.29 Å². The third kappa shape index (κ3) is 3.84. The smallest absolute Gasteiger partial charge is 0.120 e. The van der Waals surface area contributed by atoms with Gasteiger partial charge in [0.25, 0.3) is 0 Å². The van der Waals surface area contributed by atoms with Crippen LogP contribution in [0.5, 0.6) is 0 Å². The van der Waals surface area contributed by atoms with Gasteiger partial charge in [-0.1, -0.05) is 48.5 Å². The van der Waals surface area contributed by atoms with Crippen LogP contribution in [0.15, 0.2) is 66.9 Å². The van der Waals surface area contributed by atoms with Gasteiger partial charge >= 0.3 is 0 Å². The van der Waals surface area contributed by atoms with Crippen LogP contribution in [0.25, 0.3) is 16.9 Å². The van der Waals surface area contributed by atoms with Crippen molar-refractivity contribution in [2.45, 2.75) is 24.1 Å². The minimum absolute atomic E-state index is 0.246. The molecule has 1 aliphatic rings. The molecule has 4 rings (SSSR count). The molecule has 2 heterocycles. The van der Waals surface area contributed by atoms with Crippen molar-refractivity contribution in [3.8, 4) is 16.9 Å². The summed E-state index contributed by atoms with van der Waals surface area (Å²) in [4.78, 5) is 11.1. The summed E-state index contributed by atoms with van der Waals surface area (Å²) in [7, 11) is 0. The van der Waals surface area contributed by atoms with Gasteiger partial charge in [-0.15, -0.1) is 11.8 Å². The van der Waals surface area contributed by atoms with Crippen molar-refractivity contribution in [1.29, 1.82) is 0 Å². The molecule has 0 bridgehead atoms. The van der Waals surface area contributed by atoms with Gasteiger partial charge in [-0.05, 0) is 18.6 Å². The molecule has 1 aromatic heterocycles. The molecule has 0 amide bonds. The standard InChI is InChI=1S/C22H23N3OS/c26-14-7-12-19(22-23-13-15-27-22)20-16-24-25(18-10-5-2-6-11-18)21(20)17-8-3-1-4-9-17/h1-6,8-11,14,16,19,22-23H,7,12-13,15H2. The topological polar surface area (TPSA) is 46.9 Å². The predicted molar refractivity (Wildman–Crippen MR) is 111 cm³/mol. The fraction of sp³-hybridized carbons (Fsp3) is 0.273. The van der Waals surface area contributed by atoms with E-state index in [9.17, 15) is 4.79 Å². The molecule has 0 aliphatic carbocycles. The Morgan fingerprint density at radius 1 is 1.15 bits per heavy atom. The van der Waals surface area contributed by atoms with Crippen molar-refractivity contribution in [1.82, 2.24) is 15.1 Å². The second-order valence-electron chi connectivity index (χ2n) is 6.66. The van der Waals surface area contributed by atoms with E-state index in [-0.39, 0.29) is 5.92 Å². The molecule has 3 aromatic rings. The van der Waals surface area contributed by atoms with Crippen molar-refractivity contribution in [3.05, 3.63) is 72.4 Å². The molecular weight excluding hydrogens is 354 g/mol. The van der Waals surface area contributed by atoms with E-state index in [2.05, 4.69) is 41.7 Å². The average molecular weight is 378 g/mol. The number of para-hydroxylation sites is 1. The summed E-state index contributed by atoms with van der Waals surface area (Å²) in [5.41, 5.74) is 4.52. The van der Waals surface area contributed by atoms with Gasteiger partial charge in [0.05, 0.1) is 23.0 Å². The molecule has 4 nitrogen and oxygen atoms in total. The predicted octanol–water partition coefficient (Wildman–Crippen LogP) is 4.26. The Morgan fingerprint density at radius 2 is 1.89 bits per heavy atom. The number of nitrogens with one attached hydrogen (secondary N) is 1.